The van der Waals surface area contributed by atoms with E-state index in [0.717, 1.165) is 29.2 Å². The van der Waals surface area contributed by atoms with E-state index in [0.29, 0.717) is 6.54 Å². The van der Waals surface area contributed by atoms with Gasteiger partial charge in [-0.2, -0.15) is 0 Å². The SMILES string of the molecule is CN(Cc1cccc2ccccc12)C(O)(O)/C=C/CCC(C)(C)C. The predicted octanol–water partition coefficient (Wildman–Crippen LogP) is 4.29. The Morgan fingerprint density at radius 3 is 2.38 bits per heavy atom. The maximum absolute atomic E-state index is 10.3. The Morgan fingerprint density at radius 1 is 1.00 bits per heavy atom. The highest BCUT2D eigenvalue weighted by Crippen LogP contribution is 2.23. The minimum absolute atomic E-state index is 0.243. The summed E-state index contributed by atoms with van der Waals surface area (Å²) >= 11 is 0. The molecule has 3 heteroatoms. The molecule has 0 spiro atoms. The Morgan fingerprint density at radius 2 is 1.67 bits per heavy atom. The average Bonchev–Trinajstić information content (AvgIpc) is 2.51. The quantitative estimate of drug-likeness (QED) is 0.614. The zero-order valence-electron chi connectivity index (χ0n) is 15.2. The van der Waals surface area contributed by atoms with E-state index in [9.17, 15) is 10.2 Å². The van der Waals surface area contributed by atoms with Gasteiger partial charge in [0.25, 0.3) is 0 Å². The standard InChI is InChI=1S/C21H29NO2/c1-20(2,3)14-7-8-15-21(23,24)22(4)16-18-12-9-11-17-10-5-6-13-19(17)18/h5-6,8-13,15,23-24H,7,14,16H2,1-4H3/b15-8+. The van der Waals surface area contributed by atoms with Gasteiger partial charge < -0.3 is 10.2 Å². The smallest absolute Gasteiger partial charge is 0.246 e. The number of hydrogen-bond donors (Lipinski definition) is 2. The molecule has 0 atom stereocenters. The van der Waals surface area contributed by atoms with E-state index in [1.807, 2.05) is 30.3 Å². The first-order chi connectivity index (χ1) is 11.2. The normalized spacial score (nSPS) is 13.3. The molecule has 0 aliphatic heterocycles. The number of benzene rings is 2. The number of likely N-dealkylation sites (N-methyl/N-ethyl adjacent to an activating group) is 1. The molecule has 0 aliphatic rings. The molecule has 0 aromatic heterocycles. The largest absolute Gasteiger partial charge is 0.350 e. The summed E-state index contributed by atoms with van der Waals surface area (Å²) in [5.41, 5.74) is 1.32. The molecule has 3 nitrogen and oxygen atoms in total. The highest BCUT2D eigenvalue weighted by molar-refractivity contribution is 5.85. The maximum Gasteiger partial charge on any atom is 0.246 e. The van der Waals surface area contributed by atoms with Gasteiger partial charge in [-0.15, -0.1) is 0 Å². The molecule has 0 fully saturated rings. The molecule has 2 rings (SSSR count). The first-order valence-corrected chi connectivity index (χ1v) is 8.49. The van der Waals surface area contributed by atoms with Crippen molar-refractivity contribution in [2.45, 2.75) is 46.1 Å². The summed E-state index contributed by atoms with van der Waals surface area (Å²) in [6.07, 6.45) is 5.16. The van der Waals surface area contributed by atoms with Gasteiger partial charge in [-0.3, -0.25) is 0 Å². The van der Waals surface area contributed by atoms with Crippen molar-refractivity contribution in [3.05, 3.63) is 60.2 Å². The second kappa shape index (κ2) is 7.47. The van der Waals surface area contributed by atoms with Gasteiger partial charge in [0.1, 0.15) is 0 Å². The second-order valence-electron chi connectivity index (χ2n) is 7.68. The number of rotatable bonds is 6. The summed E-state index contributed by atoms with van der Waals surface area (Å²) < 4.78 is 0. The number of aliphatic hydroxyl groups is 2. The highest BCUT2D eigenvalue weighted by atomic mass is 16.5. The molecule has 0 saturated heterocycles. The van der Waals surface area contributed by atoms with E-state index in [1.54, 1.807) is 11.9 Å². The Kier molecular flexibility index (Phi) is 5.81. The third-order valence-corrected chi connectivity index (χ3v) is 4.25. The number of hydrogen-bond acceptors (Lipinski definition) is 3. The molecular formula is C21H29NO2. The van der Waals surface area contributed by atoms with Crippen LogP contribution in [0.5, 0.6) is 0 Å². The van der Waals surface area contributed by atoms with Crippen LogP contribution >= 0.6 is 0 Å². The fraction of sp³-hybridized carbons (Fsp3) is 0.429. The summed E-state index contributed by atoms with van der Waals surface area (Å²) in [6.45, 7) is 6.99. The minimum Gasteiger partial charge on any atom is -0.350 e. The number of nitrogens with zero attached hydrogens (tertiary/aromatic N) is 1. The fourth-order valence-corrected chi connectivity index (χ4v) is 2.69. The summed E-state index contributed by atoms with van der Waals surface area (Å²) in [5, 5.41) is 23.0. The third-order valence-electron chi connectivity index (χ3n) is 4.25. The van der Waals surface area contributed by atoms with Gasteiger partial charge in [-0.05, 0) is 47.7 Å². The van der Waals surface area contributed by atoms with Crippen LogP contribution in [0, 0.1) is 5.41 Å². The van der Waals surface area contributed by atoms with Crippen molar-refractivity contribution in [1.29, 1.82) is 0 Å². The van der Waals surface area contributed by atoms with Crippen LogP contribution in [-0.4, -0.2) is 28.1 Å². The van der Waals surface area contributed by atoms with E-state index in [4.69, 9.17) is 0 Å². The van der Waals surface area contributed by atoms with Gasteiger partial charge in [0, 0.05) is 6.54 Å². The minimum atomic E-state index is -1.95. The summed E-state index contributed by atoms with van der Waals surface area (Å²) in [6, 6.07) is 14.2. The van der Waals surface area contributed by atoms with Crippen molar-refractivity contribution in [3.63, 3.8) is 0 Å². The first kappa shape index (κ1) is 18.7. The summed E-state index contributed by atoms with van der Waals surface area (Å²) in [4.78, 5) is 1.54. The van der Waals surface area contributed by atoms with Gasteiger partial charge in [0.05, 0.1) is 0 Å². The first-order valence-electron chi connectivity index (χ1n) is 8.49. The molecule has 0 radical (unpaired) electrons. The molecule has 2 N–H and O–H groups in total. The average molecular weight is 327 g/mol. The second-order valence-corrected chi connectivity index (χ2v) is 7.68. The van der Waals surface area contributed by atoms with Crippen LogP contribution < -0.4 is 0 Å². The molecule has 0 aliphatic carbocycles. The lowest BCUT2D eigenvalue weighted by atomic mass is 9.90. The van der Waals surface area contributed by atoms with Gasteiger partial charge in [0.2, 0.25) is 5.91 Å². The van der Waals surface area contributed by atoms with E-state index in [2.05, 4.69) is 39.0 Å². The van der Waals surface area contributed by atoms with Crippen molar-refractivity contribution in [3.8, 4) is 0 Å². The van der Waals surface area contributed by atoms with Crippen molar-refractivity contribution >= 4 is 10.8 Å². The van der Waals surface area contributed by atoms with Gasteiger partial charge in [-0.1, -0.05) is 69.3 Å². The molecule has 0 bridgehead atoms. The molecule has 24 heavy (non-hydrogen) atoms. The van der Waals surface area contributed by atoms with Crippen LogP contribution in [0.2, 0.25) is 0 Å². The zero-order chi connectivity index (χ0) is 17.8. The molecule has 130 valence electrons. The molecule has 0 unspecified atom stereocenters. The maximum atomic E-state index is 10.3. The topological polar surface area (TPSA) is 43.7 Å². The molecule has 2 aromatic carbocycles. The Labute approximate surface area is 145 Å². The molecular weight excluding hydrogens is 298 g/mol. The lowest BCUT2D eigenvalue weighted by Crippen LogP contribution is -2.44. The molecule has 0 heterocycles. The van der Waals surface area contributed by atoms with Crippen molar-refractivity contribution in [2.24, 2.45) is 5.41 Å². The number of fused-ring (bicyclic) bond motifs is 1. The van der Waals surface area contributed by atoms with Crippen LogP contribution in [0.3, 0.4) is 0 Å². The molecule has 0 amide bonds. The Bertz CT molecular complexity index is 693. The summed E-state index contributed by atoms with van der Waals surface area (Å²) in [7, 11) is 1.72. The Hall–Kier alpha value is -1.68. The molecule has 2 aromatic rings. The van der Waals surface area contributed by atoms with Crippen LogP contribution in [0.15, 0.2) is 54.6 Å². The van der Waals surface area contributed by atoms with Crippen molar-refractivity contribution < 1.29 is 10.2 Å². The van der Waals surface area contributed by atoms with Crippen molar-refractivity contribution in [2.75, 3.05) is 7.05 Å². The highest BCUT2D eigenvalue weighted by Gasteiger charge is 2.25. The monoisotopic (exact) mass is 327 g/mol. The van der Waals surface area contributed by atoms with E-state index in [1.165, 1.54) is 6.08 Å². The van der Waals surface area contributed by atoms with Crippen molar-refractivity contribution in [1.82, 2.24) is 4.90 Å². The zero-order valence-corrected chi connectivity index (χ0v) is 15.2. The van der Waals surface area contributed by atoms with Gasteiger partial charge in [-0.25, -0.2) is 4.90 Å². The van der Waals surface area contributed by atoms with E-state index < -0.39 is 5.91 Å². The fourth-order valence-electron chi connectivity index (χ4n) is 2.69. The number of allylic oxidation sites excluding steroid dienone is 1. The third kappa shape index (κ3) is 5.17. The molecule has 0 saturated carbocycles. The van der Waals surface area contributed by atoms with Gasteiger partial charge >= 0.3 is 0 Å². The Balaban J connectivity index is 2.07. The summed E-state index contributed by atoms with van der Waals surface area (Å²) in [5.74, 6) is -1.95. The van der Waals surface area contributed by atoms with E-state index >= 15 is 0 Å². The van der Waals surface area contributed by atoms with Crippen LogP contribution in [0.4, 0.5) is 0 Å². The van der Waals surface area contributed by atoms with E-state index in [-0.39, 0.29) is 5.41 Å². The lowest BCUT2D eigenvalue weighted by molar-refractivity contribution is -0.221. The van der Waals surface area contributed by atoms with Crippen LogP contribution in [0.1, 0.15) is 39.2 Å². The van der Waals surface area contributed by atoms with Gasteiger partial charge in [0.15, 0.2) is 0 Å². The van der Waals surface area contributed by atoms with Crippen LogP contribution in [-0.2, 0) is 6.54 Å². The lowest BCUT2D eigenvalue weighted by Gasteiger charge is -2.30. The van der Waals surface area contributed by atoms with Crippen LogP contribution in [0.25, 0.3) is 10.8 Å². The predicted molar refractivity (Wildman–Crippen MR) is 100 cm³/mol.